The first-order valence-electron chi connectivity index (χ1n) is 7.81. The number of ether oxygens (including phenoxy) is 1. The lowest BCUT2D eigenvalue weighted by molar-refractivity contribution is -0.0852. The van der Waals surface area contributed by atoms with Crippen LogP contribution in [-0.2, 0) is 4.74 Å². The highest BCUT2D eigenvalue weighted by Gasteiger charge is 2.65. The van der Waals surface area contributed by atoms with Gasteiger partial charge < -0.3 is 14.7 Å². The second kappa shape index (κ2) is 5.25. The fourth-order valence-electron chi connectivity index (χ4n) is 2.76. The molecule has 1 aromatic carbocycles. The quantitative estimate of drug-likeness (QED) is 0.665. The van der Waals surface area contributed by atoms with E-state index in [0.717, 1.165) is 12.1 Å². The second-order valence-corrected chi connectivity index (χ2v) is 10.3. The van der Waals surface area contributed by atoms with Crippen LogP contribution in [0.1, 0.15) is 39.4 Å². The smallest absolute Gasteiger partial charge is 0.410 e. The first kappa shape index (κ1) is 20.8. The lowest BCUT2D eigenvalue weighted by atomic mass is 9.74. The molecule has 1 N–H and O–H groups in total. The fourth-order valence-corrected chi connectivity index (χ4v) is 3.41. The minimum Gasteiger partial charge on any atom is -0.444 e. The normalized spacial score (nSPS) is 21.2. The number of rotatable bonds is 3. The van der Waals surface area contributed by atoms with E-state index >= 15 is 0 Å². The Morgan fingerprint density at radius 2 is 1.62 bits per heavy atom. The summed E-state index contributed by atoms with van der Waals surface area (Å²) in [6.45, 7) is 7.03. The monoisotopic (exact) mass is 403 g/mol. The molecule has 0 bridgehead atoms. The Morgan fingerprint density at radius 3 is 2.00 bits per heavy atom. The number of likely N-dealkylation sites (tertiary alicyclic amines) is 1. The molecular formula is C16H22F5NO3S. The first-order chi connectivity index (χ1) is 11.3. The molecule has 150 valence electrons. The van der Waals surface area contributed by atoms with Gasteiger partial charge in [-0.05, 0) is 38.5 Å². The molecular weight excluding hydrogens is 381 g/mol. The number of aliphatic hydroxyl groups excluding tert-OH is 1. The van der Waals surface area contributed by atoms with Crippen molar-refractivity contribution in [3.05, 3.63) is 29.8 Å². The summed E-state index contributed by atoms with van der Waals surface area (Å²) in [7, 11) is -9.74. The Kier molecular flexibility index (Phi) is 4.19. The molecule has 1 aromatic rings. The van der Waals surface area contributed by atoms with E-state index in [1.54, 1.807) is 27.7 Å². The van der Waals surface area contributed by atoms with Crippen molar-refractivity contribution in [2.45, 2.75) is 44.3 Å². The lowest BCUT2D eigenvalue weighted by Crippen LogP contribution is -2.60. The molecule has 26 heavy (non-hydrogen) atoms. The molecule has 0 saturated carbocycles. The minimum atomic E-state index is -9.74. The maximum atomic E-state index is 12.7. The molecule has 1 amide bonds. The van der Waals surface area contributed by atoms with Crippen LogP contribution >= 0.6 is 10.2 Å². The molecule has 0 aromatic heterocycles. The number of hydrogen-bond donors (Lipinski definition) is 1. The predicted octanol–water partition coefficient (Wildman–Crippen LogP) is 5.63. The zero-order chi connectivity index (χ0) is 20.2. The van der Waals surface area contributed by atoms with Crippen LogP contribution in [0.5, 0.6) is 0 Å². The van der Waals surface area contributed by atoms with Gasteiger partial charge in [0.2, 0.25) is 0 Å². The number of carbonyl (C=O) groups is 1. The summed E-state index contributed by atoms with van der Waals surface area (Å²) in [5.41, 5.74) is -1.42. The van der Waals surface area contributed by atoms with Crippen LogP contribution in [0, 0.1) is 5.41 Å². The van der Waals surface area contributed by atoms with E-state index in [0.29, 0.717) is 0 Å². The van der Waals surface area contributed by atoms with Crippen LogP contribution in [0.4, 0.5) is 24.2 Å². The van der Waals surface area contributed by atoms with Crippen LogP contribution in [-0.4, -0.2) is 34.8 Å². The van der Waals surface area contributed by atoms with Crippen molar-refractivity contribution in [3.63, 3.8) is 0 Å². The fraction of sp³-hybridized carbons (Fsp3) is 0.562. The molecule has 4 nitrogen and oxygen atoms in total. The maximum Gasteiger partial charge on any atom is 0.410 e. The molecule has 0 radical (unpaired) electrons. The summed E-state index contributed by atoms with van der Waals surface area (Å²) in [6.07, 6.45) is -1.77. The highest BCUT2D eigenvalue weighted by atomic mass is 32.5. The van der Waals surface area contributed by atoms with Crippen molar-refractivity contribution < 1.29 is 34.1 Å². The second-order valence-electron chi connectivity index (χ2n) is 7.93. The molecule has 0 spiro atoms. The molecule has 10 heteroatoms. The van der Waals surface area contributed by atoms with E-state index in [9.17, 15) is 29.3 Å². The van der Waals surface area contributed by atoms with Gasteiger partial charge in [-0.1, -0.05) is 38.5 Å². The van der Waals surface area contributed by atoms with Gasteiger partial charge in [-0.2, -0.15) is 0 Å². The number of carbonyl (C=O) groups excluding carboxylic acids is 1. The van der Waals surface area contributed by atoms with E-state index < -0.39 is 38.3 Å². The summed E-state index contributed by atoms with van der Waals surface area (Å²) in [4.78, 5) is 11.3. The van der Waals surface area contributed by atoms with Crippen LogP contribution in [0.3, 0.4) is 0 Å². The van der Waals surface area contributed by atoms with E-state index in [4.69, 9.17) is 4.74 Å². The third-order valence-electron chi connectivity index (χ3n) is 4.06. The molecule has 1 atom stereocenters. The van der Waals surface area contributed by atoms with Gasteiger partial charge >= 0.3 is 16.3 Å². The number of benzene rings is 1. The molecule has 2 rings (SSSR count). The summed E-state index contributed by atoms with van der Waals surface area (Å²) in [5, 5.41) is 10.4. The zero-order valence-corrected chi connectivity index (χ0v) is 15.6. The molecule has 1 heterocycles. The molecule has 1 aliphatic rings. The van der Waals surface area contributed by atoms with Gasteiger partial charge in [-0.3, -0.25) is 0 Å². The molecule has 1 aliphatic heterocycles. The first-order valence-corrected chi connectivity index (χ1v) is 9.76. The van der Waals surface area contributed by atoms with Gasteiger partial charge in [0.05, 0.1) is 6.10 Å². The van der Waals surface area contributed by atoms with Gasteiger partial charge in [-0.25, -0.2) is 4.79 Å². The van der Waals surface area contributed by atoms with Crippen molar-refractivity contribution in [1.82, 2.24) is 4.90 Å². The largest absolute Gasteiger partial charge is 0.444 e. The molecule has 1 unspecified atom stereocenters. The van der Waals surface area contributed by atoms with Crippen LogP contribution < -0.4 is 0 Å². The van der Waals surface area contributed by atoms with Crippen LogP contribution in [0.15, 0.2) is 29.2 Å². The molecule has 0 aliphatic carbocycles. The van der Waals surface area contributed by atoms with Gasteiger partial charge in [0.1, 0.15) is 10.5 Å². The van der Waals surface area contributed by atoms with Gasteiger partial charge in [0.25, 0.3) is 0 Å². The third kappa shape index (κ3) is 4.59. The van der Waals surface area contributed by atoms with E-state index in [-0.39, 0.29) is 30.8 Å². The zero-order valence-electron chi connectivity index (χ0n) is 14.8. The van der Waals surface area contributed by atoms with Crippen molar-refractivity contribution in [1.29, 1.82) is 0 Å². The van der Waals surface area contributed by atoms with E-state index in [1.165, 1.54) is 4.90 Å². The minimum absolute atomic E-state index is 0.0712. The van der Waals surface area contributed by atoms with Crippen molar-refractivity contribution >= 4 is 16.3 Å². The van der Waals surface area contributed by atoms with Crippen LogP contribution in [0.25, 0.3) is 0 Å². The van der Waals surface area contributed by atoms with Crippen molar-refractivity contribution in [2.24, 2.45) is 5.41 Å². The number of hydrogen-bond acceptors (Lipinski definition) is 3. The summed E-state index contributed by atoms with van der Waals surface area (Å²) in [6, 6.07) is 2.21. The maximum absolute atomic E-state index is 12.7. The molecule has 1 fully saturated rings. The van der Waals surface area contributed by atoms with Crippen molar-refractivity contribution in [2.75, 3.05) is 13.1 Å². The van der Waals surface area contributed by atoms with Crippen molar-refractivity contribution in [3.8, 4) is 0 Å². The summed E-state index contributed by atoms with van der Waals surface area (Å²) < 4.78 is 68.9. The Balaban J connectivity index is 2.09. The van der Waals surface area contributed by atoms with E-state index in [2.05, 4.69) is 0 Å². The number of nitrogens with zero attached hydrogens (tertiary/aromatic N) is 1. The van der Waals surface area contributed by atoms with Gasteiger partial charge in [0.15, 0.2) is 0 Å². The summed E-state index contributed by atoms with van der Waals surface area (Å²) >= 11 is 0. The Hall–Kier alpha value is -1.55. The Morgan fingerprint density at radius 1 is 1.15 bits per heavy atom. The average Bonchev–Trinajstić information content (AvgIpc) is 2.38. The highest BCUT2D eigenvalue weighted by Crippen LogP contribution is 3.02. The van der Waals surface area contributed by atoms with Gasteiger partial charge in [0, 0.05) is 18.5 Å². The number of halogens is 5. The standard InChI is InChI=1S/C16H22F5NO3S/c1-15(2,3)25-14(24)22-9-16(4,10-22)13(23)11-5-7-12(8-6-11)26(17,18,19,20)21/h5-8,13,23H,9-10H2,1-4H3. The lowest BCUT2D eigenvalue weighted by Gasteiger charge is -2.50. The highest BCUT2D eigenvalue weighted by molar-refractivity contribution is 8.45. The summed E-state index contributed by atoms with van der Waals surface area (Å²) in [5.74, 6) is 0. The SMILES string of the molecule is CC(C)(C)OC(=O)N1CC(C)(C(O)c2ccc(S(F)(F)(F)(F)F)cc2)C1. The number of aliphatic hydroxyl groups is 1. The number of amides is 1. The molecule has 1 saturated heterocycles. The average molecular weight is 403 g/mol. The Labute approximate surface area is 148 Å². The van der Waals surface area contributed by atoms with Crippen LogP contribution in [0.2, 0.25) is 0 Å². The predicted molar refractivity (Wildman–Crippen MR) is 88.7 cm³/mol. The van der Waals surface area contributed by atoms with Gasteiger partial charge in [-0.15, -0.1) is 0 Å². The Bertz CT molecular complexity index is 706. The third-order valence-corrected chi connectivity index (χ3v) is 5.22. The topological polar surface area (TPSA) is 49.8 Å². The van der Waals surface area contributed by atoms with E-state index in [1.807, 2.05) is 0 Å².